The van der Waals surface area contributed by atoms with E-state index in [1.807, 2.05) is 59.5 Å². The molecule has 1 aliphatic heterocycles. The van der Waals surface area contributed by atoms with Gasteiger partial charge in [-0.2, -0.15) is 0 Å². The SMILES string of the molecule is O=C(c1ccc2ccccc2n1)N1CCC[C@H]1c1ncc(Cc2ccccc2Cl)o1. The molecule has 3 heterocycles. The van der Waals surface area contributed by atoms with Crippen molar-refractivity contribution < 1.29 is 9.21 Å². The third-order valence-corrected chi connectivity index (χ3v) is 5.88. The molecule has 1 fully saturated rings. The highest BCUT2D eigenvalue weighted by atomic mass is 35.5. The smallest absolute Gasteiger partial charge is 0.273 e. The number of aromatic nitrogens is 2. The van der Waals surface area contributed by atoms with Crippen molar-refractivity contribution in [3.05, 3.63) is 94.8 Å². The van der Waals surface area contributed by atoms with E-state index >= 15 is 0 Å². The third-order valence-electron chi connectivity index (χ3n) is 5.51. The van der Waals surface area contributed by atoms with Crippen molar-refractivity contribution in [2.24, 2.45) is 0 Å². The lowest BCUT2D eigenvalue weighted by molar-refractivity contribution is 0.0709. The van der Waals surface area contributed by atoms with Gasteiger partial charge < -0.3 is 9.32 Å². The molecular weight excluding hydrogens is 398 g/mol. The Kier molecular flexibility index (Phi) is 4.97. The number of benzene rings is 2. The van der Waals surface area contributed by atoms with Gasteiger partial charge >= 0.3 is 0 Å². The maximum absolute atomic E-state index is 13.2. The van der Waals surface area contributed by atoms with Crippen molar-refractivity contribution in [2.75, 3.05) is 6.54 Å². The normalized spacial score (nSPS) is 16.3. The molecule has 0 radical (unpaired) electrons. The van der Waals surface area contributed by atoms with Crippen LogP contribution in [-0.4, -0.2) is 27.3 Å². The molecule has 0 unspecified atom stereocenters. The lowest BCUT2D eigenvalue weighted by atomic mass is 10.1. The Hall–Kier alpha value is -3.18. The summed E-state index contributed by atoms with van der Waals surface area (Å²) in [6.45, 7) is 0.667. The first kappa shape index (κ1) is 18.8. The highest BCUT2D eigenvalue weighted by Gasteiger charge is 2.34. The van der Waals surface area contributed by atoms with E-state index in [0.29, 0.717) is 29.6 Å². The highest BCUT2D eigenvalue weighted by molar-refractivity contribution is 6.31. The van der Waals surface area contributed by atoms with Crippen LogP contribution in [0.25, 0.3) is 10.9 Å². The Bertz CT molecular complexity index is 1220. The van der Waals surface area contributed by atoms with Crippen molar-refractivity contribution in [1.82, 2.24) is 14.9 Å². The van der Waals surface area contributed by atoms with Crippen LogP contribution < -0.4 is 0 Å². The maximum atomic E-state index is 13.2. The lowest BCUT2D eigenvalue weighted by Gasteiger charge is -2.22. The number of carbonyl (C=O) groups is 1. The molecule has 0 N–H and O–H groups in total. The van der Waals surface area contributed by atoms with Crippen LogP contribution in [0.3, 0.4) is 0 Å². The monoisotopic (exact) mass is 417 g/mol. The van der Waals surface area contributed by atoms with E-state index in [-0.39, 0.29) is 11.9 Å². The fourth-order valence-electron chi connectivity index (χ4n) is 3.99. The van der Waals surface area contributed by atoms with E-state index in [9.17, 15) is 4.79 Å². The number of hydrogen-bond acceptors (Lipinski definition) is 4. The van der Waals surface area contributed by atoms with E-state index in [0.717, 1.165) is 35.1 Å². The molecule has 1 saturated heterocycles. The topological polar surface area (TPSA) is 59.2 Å². The molecule has 4 aromatic rings. The first-order valence-electron chi connectivity index (χ1n) is 10.0. The third kappa shape index (κ3) is 3.57. The van der Waals surface area contributed by atoms with Crippen molar-refractivity contribution in [2.45, 2.75) is 25.3 Å². The minimum atomic E-state index is -0.175. The van der Waals surface area contributed by atoms with Gasteiger partial charge in [0, 0.05) is 23.4 Å². The van der Waals surface area contributed by atoms with Crippen molar-refractivity contribution in [3.8, 4) is 0 Å². The van der Waals surface area contributed by atoms with Crippen molar-refractivity contribution >= 4 is 28.4 Å². The van der Waals surface area contributed by atoms with E-state index in [1.165, 1.54) is 0 Å². The molecule has 0 aliphatic carbocycles. The van der Waals surface area contributed by atoms with Gasteiger partial charge in [-0.1, -0.05) is 54.1 Å². The first-order valence-corrected chi connectivity index (χ1v) is 10.4. The second-order valence-electron chi connectivity index (χ2n) is 7.48. The molecule has 2 aromatic carbocycles. The molecule has 30 heavy (non-hydrogen) atoms. The Morgan fingerprint density at radius 3 is 2.83 bits per heavy atom. The quantitative estimate of drug-likeness (QED) is 0.443. The van der Waals surface area contributed by atoms with E-state index in [2.05, 4.69) is 9.97 Å². The van der Waals surface area contributed by atoms with E-state index in [4.69, 9.17) is 16.0 Å². The number of nitrogens with zero attached hydrogens (tertiary/aromatic N) is 3. The summed E-state index contributed by atoms with van der Waals surface area (Å²) in [5, 5.41) is 1.72. The number of carbonyl (C=O) groups excluding carboxylic acids is 1. The lowest BCUT2D eigenvalue weighted by Crippen LogP contribution is -2.31. The van der Waals surface area contributed by atoms with E-state index in [1.54, 1.807) is 12.3 Å². The Morgan fingerprint density at radius 2 is 1.93 bits per heavy atom. The zero-order valence-electron chi connectivity index (χ0n) is 16.3. The van der Waals surface area contributed by atoms with Crippen LogP contribution in [0.2, 0.25) is 5.02 Å². The number of oxazole rings is 1. The fourth-order valence-corrected chi connectivity index (χ4v) is 4.19. The average molecular weight is 418 g/mol. The second kappa shape index (κ2) is 7.92. The number of rotatable bonds is 4. The van der Waals surface area contributed by atoms with Gasteiger partial charge in [0.2, 0.25) is 5.89 Å². The largest absolute Gasteiger partial charge is 0.443 e. The summed E-state index contributed by atoms with van der Waals surface area (Å²) >= 11 is 6.26. The number of likely N-dealkylation sites (tertiary alicyclic amines) is 1. The Morgan fingerprint density at radius 1 is 1.10 bits per heavy atom. The van der Waals surface area contributed by atoms with Gasteiger partial charge in [0.15, 0.2) is 0 Å². The summed E-state index contributed by atoms with van der Waals surface area (Å²) in [4.78, 5) is 24.1. The highest BCUT2D eigenvalue weighted by Crippen LogP contribution is 2.33. The molecule has 0 bridgehead atoms. The van der Waals surface area contributed by atoms with Crippen LogP contribution in [-0.2, 0) is 6.42 Å². The summed E-state index contributed by atoms with van der Waals surface area (Å²) in [7, 11) is 0. The molecule has 6 heteroatoms. The minimum absolute atomic E-state index is 0.0888. The van der Waals surface area contributed by atoms with Gasteiger partial charge in [0.05, 0.1) is 11.7 Å². The number of fused-ring (bicyclic) bond motifs is 1. The minimum Gasteiger partial charge on any atom is -0.443 e. The molecular formula is C24H20ClN3O2. The molecule has 0 saturated carbocycles. The zero-order chi connectivity index (χ0) is 20.5. The maximum Gasteiger partial charge on any atom is 0.273 e. The Balaban J connectivity index is 1.37. The fraction of sp³-hybridized carbons (Fsp3) is 0.208. The van der Waals surface area contributed by atoms with E-state index < -0.39 is 0 Å². The predicted molar refractivity (Wildman–Crippen MR) is 116 cm³/mol. The summed E-state index contributed by atoms with van der Waals surface area (Å²) < 4.78 is 6.03. The number of amides is 1. The molecule has 1 aliphatic rings. The molecule has 150 valence electrons. The van der Waals surface area contributed by atoms with Crippen LogP contribution in [0.15, 0.2) is 71.3 Å². The second-order valence-corrected chi connectivity index (χ2v) is 7.89. The van der Waals surface area contributed by atoms with Crippen LogP contribution in [0.5, 0.6) is 0 Å². The van der Waals surface area contributed by atoms with Crippen molar-refractivity contribution in [1.29, 1.82) is 0 Å². The van der Waals surface area contributed by atoms with Crippen LogP contribution >= 0.6 is 11.6 Å². The number of hydrogen-bond donors (Lipinski definition) is 0. The molecule has 5 rings (SSSR count). The summed E-state index contributed by atoms with van der Waals surface area (Å²) in [5.41, 5.74) is 2.25. The summed E-state index contributed by atoms with van der Waals surface area (Å²) in [5.74, 6) is 1.22. The molecule has 0 spiro atoms. The summed E-state index contributed by atoms with van der Waals surface area (Å²) in [6, 6.07) is 19.0. The van der Waals surface area contributed by atoms with Crippen LogP contribution in [0.1, 0.15) is 46.6 Å². The summed E-state index contributed by atoms with van der Waals surface area (Å²) in [6.07, 6.45) is 4.03. The zero-order valence-corrected chi connectivity index (χ0v) is 17.0. The average Bonchev–Trinajstić information content (AvgIpc) is 3.44. The Labute approximate surface area is 179 Å². The van der Waals surface area contributed by atoms with Crippen molar-refractivity contribution in [3.63, 3.8) is 0 Å². The standard InChI is InChI=1S/C24H20ClN3O2/c25-19-8-3-1-7-17(19)14-18-15-26-23(30-18)22-10-5-13-28(22)24(29)21-12-11-16-6-2-4-9-20(16)27-21/h1-4,6-9,11-12,15,22H,5,10,13-14H2/t22-/m0/s1. The van der Waals surface area contributed by atoms with Crippen LogP contribution in [0.4, 0.5) is 0 Å². The van der Waals surface area contributed by atoms with Crippen LogP contribution in [0, 0.1) is 0 Å². The first-order chi connectivity index (χ1) is 14.7. The van der Waals surface area contributed by atoms with Gasteiger partial charge in [-0.05, 0) is 36.6 Å². The van der Waals surface area contributed by atoms with Gasteiger partial charge in [0.1, 0.15) is 17.5 Å². The molecule has 1 amide bonds. The number of halogens is 1. The molecule has 1 atom stereocenters. The van der Waals surface area contributed by atoms with Gasteiger partial charge in [-0.25, -0.2) is 9.97 Å². The van der Waals surface area contributed by atoms with Gasteiger partial charge in [-0.3, -0.25) is 4.79 Å². The predicted octanol–water partition coefficient (Wildman–Crippen LogP) is 5.44. The van der Waals surface area contributed by atoms with Gasteiger partial charge in [-0.15, -0.1) is 0 Å². The number of pyridine rings is 1. The molecule has 2 aromatic heterocycles. The van der Waals surface area contributed by atoms with Gasteiger partial charge in [0.25, 0.3) is 5.91 Å². The molecule has 5 nitrogen and oxygen atoms in total. The number of para-hydroxylation sites is 1.